The van der Waals surface area contributed by atoms with Gasteiger partial charge in [0.15, 0.2) is 0 Å². The molecule has 0 aromatic heterocycles. The lowest BCUT2D eigenvalue weighted by atomic mass is 10.1. The van der Waals surface area contributed by atoms with E-state index in [-0.39, 0.29) is 0 Å². The first-order valence-corrected chi connectivity index (χ1v) is 5.71. The van der Waals surface area contributed by atoms with Gasteiger partial charge in [-0.3, -0.25) is 0 Å². The number of benzene rings is 2. The third-order valence-corrected chi connectivity index (χ3v) is 2.96. The number of nitrogen functional groups attached to an aromatic ring is 1. The monoisotopic (exact) mass is 227 g/mol. The molecule has 0 atom stereocenters. The Balaban J connectivity index is 2.13. The number of hydrogen-bond donors (Lipinski definition) is 1. The lowest BCUT2D eigenvalue weighted by Gasteiger charge is -2.11. The second-order valence-corrected chi connectivity index (χ2v) is 4.19. The number of aryl methyl sites for hydroxylation is 1. The van der Waals surface area contributed by atoms with E-state index in [0.717, 1.165) is 28.1 Å². The molecule has 88 valence electrons. The molecule has 0 heterocycles. The van der Waals surface area contributed by atoms with E-state index in [0.29, 0.717) is 6.61 Å². The number of nitrogens with two attached hydrogens (primary N) is 1. The zero-order valence-electron chi connectivity index (χ0n) is 10.2. The van der Waals surface area contributed by atoms with Crippen molar-refractivity contribution in [3.8, 4) is 5.75 Å². The molecular formula is C15H17NO. The first-order valence-electron chi connectivity index (χ1n) is 5.71. The summed E-state index contributed by atoms with van der Waals surface area (Å²) in [6.45, 7) is 4.62. The predicted molar refractivity (Wildman–Crippen MR) is 71.1 cm³/mol. The van der Waals surface area contributed by atoms with Gasteiger partial charge in [-0.15, -0.1) is 0 Å². The average molecular weight is 227 g/mol. The van der Waals surface area contributed by atoms with Crippen LogP contribution in [0.3, 0.4) is 0 Å². The molecule has 0 aliphatic heterocycles. The zero-order chi connectivity index (χ0) is 12.3. The number of para-hydroxylation sites is 1. The molecule has 2 aromatic rings. The first kappa shape index (κ1) is 11.5. The third-order valence-electron chi connectivity index (χ3n) is 2.96. The van der Waals surface area contributed by atoms with E-state index >= 15 is 0 Å². The quantitative estimate of drug-likeness (QED) is 0.815. The number of hydrogen-bond acceptors (Lipinski definition) is 2. The molecule has 0 amide bonds. The van der Waals surface area contributed by atoms with Gasteiger partial charge in [0, 0.05) is 5.69 Å². The van der Waals surface area contributed by atoms with E-state index in [9.17, 15) is 0 Å². The van der Waals surface area contributed by atoms with E-state index < -0.39 is 0 Å². The van der Waals surface area contributed by atoms with E-state index in [2.05, 4.69) is 0 Å². The van der Waals surface area contributed by atoms with Crippen molar-refractivity contribution >= 4 is 5.69 Å². The van der Waals surface area contributed by atoms with Gasteiger partial charge in [-0.25, -0.2) is 0 Å². The topological polar surface area (TPSA) is 35.2 Å². The van der Waals surface area contributed by atoms with Gasteiger partial charge in [0.2, 0.25) is 0 Å². The molecule has 0 aliphatic rings. The third kappa shape index (κ3) is 2.59. The van der Waals surface area contributed by atoms with Crippen LogP contribution in [0.2, 0.25) is 0 Å². The van der Waals surface area contributed by atoms with Crippen LogP contribution in [0.15, 0.2) is 42.5 Å². The fraction of sp³-hybridized carbons (Fsp3) is 0.200. The molecule has 2 N–H and O–H groups in total. The largest absolute Gasteiger partial charge is 0.489 e. The van der Waals surface area contributed by atoms with Crippen molar-refractivity contribution in [2.45, 2.75) is 20.5 Å². The normalized spacial score (nSPS) is 10.2. The minimum atomic E-state index is 0.557. The molecule has 0 saturated carbocycles. The van der Waals surface area contributed by atoms with Crippen LogP contribution in [-0.2, 0) is 6.61 Å². The highest BCUT2D eigenvalue weighted by Gasteiger charge is 2.03. The summed E-state index contributed by atoms with van der Waals surface area (Å²) < 4.78 is 5.80. The number of ether oxygens (including phenoxy) is 1. The smallest absolute Gasteiger partial charge is 0.122 e. The molecule has 0 saturated heterocycles. The van der Waals surface area contributed by atoms with E-state index in [4.69, 9.17) is 10.5 Å². The van der Waals surface area contributed by atoms with Crippen molar-refractivity contribution in [2.75, 3.05) is 5.73 Å². The molecule has 0 unspecified atom stereocenters. The highest BCUT2D eigenvalue weighted by Crippen LogP contribution is 2.20. The summed E-state index contributed by atoms with van der Waals surface area (Å²) in [5, 5.41) is 0. The van der Waals surface area contributed by atoms with Gasteiger partial charge in [-0.05, 0) is 42.7 Å². The van der Waals surface area contributed by atoms with Gasteiger partial charge in [-0.2, -0.15) is 0 Å². The Morgan fingerprint density at radius 2 is 1.76 bits per heavy atom. The molecule has 0 radical (unpaired) electrons. The molecular weight excluding hydrogens is 210 g/mol. The predicted octanol–water partition coefficient (Wildman–Crippen LogP) is 3.46. The summed E-state index contributed by atoms with van der Waals surface area (Å²) in [6.07, 6.45) is 0. The minimum Gasteiger partial charge on any atom is -0.489 e. The molecule has 2 aromatic carbocycles. The zero-order valence-corrected chi connectivity index (χ0v) is 10.2. The van der Waals surface area contributed by atoms with Gasteiger partial charge >= 0.3 is 0 Å². The van der Waals surface area contributed by atoms with Crippen LogP contribution in [0.4, 0.5) is 5.69 Å². The maximum atomic E-state index is 5.86. The SMILES string of the molecule is Cc1ccccc1OCc1cccc(N)c1C. The molecule has 0 aliphatic carbocycles. The summed E-state index contributed by atoms with van der Waals surface area (Å²) >= 11 is 0. The van der Waals surface area contributed by atoms with Crippen molar-refractivity contribution in [3.63, 3.8) is 0 Å². The lowest BCUT2D eigenvalue weighted by molar-refractivity contribution is 0.303. The van der Waals surface area contributed by atoms with Crippen molar-refractivity contribution in [1.29, 1.82) is 0 Å². The number of anilines is 1. The molecule has 17 heavy (non-hydrogen) atoms. The van der Waals surface area contributed by atoms with Crippen molar-refractivity contribution in [3.05, 3.63) is 59.2 Å². The maximum Gasteiger partial charge on any atom is 0.122 e. The number of rotatable bonds is 3. The van der Waals surface area contributed by atoms with Crippen LogP contribution >= 0.6 is 0 Å². The molecule has 0 bridgehead atoms. The van der Waals surface area contributed by atoms with Crippen LogP contribution in [0.5, 0.6) is 5.75 Å². The molecule has 2 heteroatoms. The standard InChI is InChI=1S/C15H17NO/c1-11-6-3-4-9-15(11)17-10-13-7-5-8-14(16)12(13)2/h3-9H,10,16H2,1-2H3. The van der Waals surface area contributed by atoms with E-state index in [1.54, 1.807) is 0 Å². The van der Waals surface area contributed by atoms with Gasteiger partial charge < -0.3 is 10.5 Å². The fourth-order valence-electron chi connectivity index (χ4n) is 1.73. The van der Waals surface area contributed by atoms with Crippen LogP contribution < -0.4 is 10.5 Å². The summed E-state index contributed by atoms with van der Waals surface area (Å²) in [5.74, 6) is 0.925. The maximum absolute atomic E-state index is 5.86. The van der Waals surface area contributed by atoms with Crippen LogP contribution in [0.25, 0.3) is 0 Å². The van der Waals surface area contributed by atoms with Crippen molar-refractivity contribution in [2.24, 2.45) is 0 Å². The Kier molecular flexibility index (Phi) is 3.33. The first-order chi connectivity index (χ1) is 8.18. The second-order valence-electron chi connectivity index (χ2n) is 4.19. The summed E-state index contributed by atoms with van der Waals surface area (Å²) in [4.78, 5) is 0. The Labute approximate surface area is 102 Å². The fourth-order valence-corrected chi connectivity index (χ4v) is 1.73. The second kappa shape index (κ2) is 4.91. The summed E-state index contributed by atoms with van der Waals surface area (Å²) in [7, 11) is 0. The van der Waals surface area contributed by atoms with Crippen LogP contribution in [-0.4, -0.2) is 0 Å². The molecule has 2 nitrogen and oxygen atoms in total. The van der Waals surface area contributed by atoms with Crippen LogP contribution in [0.1, 0.15) is 16.7 Å². The van der Waals surface area contributed by atoms with E-state index in [1.165, 1.54) is 0 Å². The van der Waals surface area contributed by atoms with E-state index in [1.807, 2.05) is 56.3 Å². The van der Waals surface area contributed by atoms with Gasteiger partial charge in [-0.1, -0.05) is 30.3 Å². The Bertz CT molecular complexity index is 520. The minimum absolute atomic E-state index is 0.557. The Morgan fingerprint density at radius 1 is 1.00 bits per heavy atom. The molecule has 0 spiro atoms. The van der Waals surface area contributed by atoms with Crippen LogP contribution in [0, 0.1) is 13.8 Å². The van der Waals surface area contributed by atoms with Gasteiger partial charge in [0.25, 0.3) is 0 Å². The average Bonchev–Trinajstić information content (AvgIpc) is 2.33. The molecule has 0 fully saturated rings. The van der Waals surface area contributed by atoms with Gasteiger partial charge in [0.05, 0.1) is 0 Å². The summed E-state index contributed by atoms with van der Waals surface area (Å²) in [6, 6.07) is 13.9. The van der Waals surface area contributed by atoms with Crippen molar-refractivity contribution in [1.82, 2.24) is 0 Å². The lowest BCUT2D eigenvalue weighted by Crippen LogP contribution is -2.01. The highest BCUT2D eigenvalue weighted by atomic mass is 16.5. The molecule has 2 rings (SSSR count). The Hall–Kier alpha value is -1.96. The van der Waals surface area contributed by atoms with Crippen molar-refractivity contribution < 1.29 is 4.74 Å². The Morgan fingerprint density at radius 3 is 2.53 bits per heavy atom. The summed E-state index contributed by atoms with van der Waals surface area (Å²) in [5.41, 5.74) is 10.1. The highest BCUT2D eigenvalue weighted by molar-refractivity contribution is 5.49. The van der Waals surface area contributed by atoms with Gasteiger partial charge in [0.1, 0.15) is 12.4 Å².